The summed E-state index contributed by atoms with van der Waals surface area (Å²) in [6.45, 7) is 6.75. The Hall–Kier alpha value is -2.00. The number of morpholine rings is 1. The molecule has 1 saturated heterocycles. The van der Waals surface area contributed by atoms with Crippen LogP contribution in [0.1, 0.15) is 25.8 Å². The first-order chi connectivity index (χ1) is 11.1. The summed E-state index contributed by atoms with van der Waals surface area (Å²) in [5.74, 6) is -0.160. The third-order valence-corrected chi connectivity index (χ3v) is 3.86. The summed E-state index contributed by atoms with van der Waals surface area (Å²) in [6, 6.07) is -0.521. The molecule has 1 unspecified atom stereocenters. The minimum absolute atomic E-state index is 0.108. The van der Waals surface area contributed by atoms with E-state index in [-0.39, 0.29) is 11.6 Å². The van der Waals surface area contributed by atoms with Gasteiger partial charge in [0.1, 0.15) is 18.4 Å². The van der Waals surface area contributed by atoms with E-state index in [4.69, 9.17) is 4.74 Å². The molecule has 0 spiro atoms. The lowest BCUT2D eigenvalue weighted by Gasteiger charge is -2.26. The van der Waals surface area contributed by atoms with Crippen LogP contribution in [0.15, 0.2) is 12.4 Å². The van der Waals surface area contributed by atoms with Crippen LogP contribution in [-0.2, 0) is 9.53 Å². The van der Waals surface area contributed by atoms with Crippen LogP contribution in [0, 0.1) is 10.1 Å². The molecule has 1 aliphatic rings. The van der Waals surface area contributed by atoms with Gasteiger partial charge >= 0.3 is 5.69 Å². The number of nitrogens with one attached hydrogen (secondary N) is 1. The van der Waals surface area contributed by atoms with Gasteiger partial charge in [0.05, 0.1) is 18.1 Å². The second-order valence-corrected chi connectivity index (χ2v) is 5.46. The van der Waals surface area contributed by atoms with Crippen molar-refractivity contribution in [3.05, 3.63) is 22.5 Å². The maximum absolute atomic E-state index is 12.2. The average Bonchev–Trinajstić information content (AvgIpc) is 3.03. The summed E-state index contributed by atoms with van der Waals surface area (Å²) in [4.78, 5) is 24.7. The Kier molecular flexibility index (Phi) is 6.48. The molecule has 128 valence electrons. The lowest BCUT2D eigenvalue weighted by Crippen LogP contribution is -2.39. The van der Waals surface area contributed by atoms with Crippen molar-refractivity contribution in [3.8, 4) is 0 Å². The average molecular weight is 325 g/mol. The van der Waals surface area contributed by atoms with Gasteiger partial charge in [0.2, 0.25) is 5.91 Å². The van der Waals surface area contributed by atoms with Crippen LogP contribution >= 0.6 is 0 Å². The van der Waals surface area contributed by atoms with Crippen LogP contribution in [0.2, 0.25) is 0 Å². The van der Waals surface area contributed by atoms with Crippen LogP contribution in [0.25, 0.3) is 0 Å². The molecule has 9 nitrogen and oxygen atoms in total. The third kappa shape index (κ3) is 5.00. The highest BCUT2D eigenvalue weighted by molar-refractivity contribution is 5.80. The fraction of sp³-hybridized carbons (Fsp3) is 0.714. The van der Waals surface area contributed by atoms with E-state index < -0.39 is 11.0 Å². The maximum Gasteiger partial charge on any atom is 0.307 e. The Bertz CT molecular complexity index is 527. The summed E-state index contributed by atoms with van der Waals surface area (Å²) in [5, 5.41) is 17.5. The van der Waals surface area contributed by atoms with Crippen molar-refractivity contribution in [1.29, 1.82) is 0 Å². The standard InChI is InChI=1S/C14H23N5O4/c1-2-13(18-11-12(10-16-18)19(21)22)14(20)15-4-3-5-17-6-8-23-9-7-17/h10-11,13H,2-9H2,1H3,(H,15,20). The minimum Gasteiger partial charge on any atom is -0.379 e. The first-order valence-corrected chi connectivity index (χ1v) is 7.88. The molecule has 0 bridgehead atoms. The molecule has 2 heterocycles. The summed E-state index contributed by atoms with van der Waals surface area (Å²) >= 11 is 0. The van der Waals surface area contributed by atoms with Crippen molar-refractivity contribution >= 4 is 11.6 Å². The molecule has 1 atom stereocenters. The molecular weight excluding hydrogens is 302 g/mol. The van der Waals surface area contributed by atoms with Gasteiger partial charge in [-0.2, -0.15) is 5.10 Å². The monoisotopic (exact) mass is 325 g/mol. The zero-order valence-corrected chi connectivity index (χ0v) is 13.3. The van der Waals surface area contributed by atoms with E-state index in [1.54, 1.807) is 0 Å². The smallest absolute Gasteiger partial charge is 0.307 e. The van der Waals surface area contributed by atoms with Crippen molar-refractivity contribution in [1.82, 2.24) is 20.0 Å². The van der Waals surface area contributed by atoms with Gasteiger partial charge in [-0.3, -0.25) is 24.5 Å². The summed E-state index contributed by atoms with van der Waals surface area (Å²) < 4.78 is 6.65. The molecule has 1 amide bonds. The molecule has 0 radical (unpaired) electrons. The van der Waals surface area contributed by atoms with Gasteiger partial charge in [-0.05, 0) is 19.4 Å². The predicted molar refractivity (Wildman–Crippen MR) is 83.1 cm³/mol. The van der Waals surface area contributed by atoms with Crippen molar-refractivity contribution < 1.29 is 14.5 Å². The zero-order valence-electron chi connectivity index (χ0n) is 13.3. The Balaban J connectivity index is 1.76. The maximum atomic E-state index is 12.2. The van der Waals surface area contributed by atoms with Crippen molar-refractivity contribution in [3.63, 3.8) is 0 Å². The molecule has 0 saturated carbocycles. The van der Waals surface area contributed by atoms with Gasteiger partial charge in [0.15, 0.2) is 0 Å². The number of nitro groups is 1. The van der Waals surface area contributed by atoms with Crippen molar-refractivity contribution in [2.75, 3.05) is 39.4 Å². The summed E-state index contributed by atoms with van der Waals surface area (Å²) in [6.07, 6.45) is 3.84. The van der Waals surface area contributed by atoms with Gasteiger partial charge in [0, 0.05) is 19.6 Å². The number of carbonyl (C=O) groups is 1. The second-order valence-electron chi connectivity index (χ2n) is 5.46. The topological polar surface area (TPSA) is 103 Å². The van der Waals surface area contributed by atoms with Crippen LogP contribution in [0.3, 0.4) is 0 Å². The van der Waals surface area contributed by atoms with Crippen molar-refractivity contribution in [2.24, 2.45) is 0 Å². The van der Waals surface area contributed by atoms with E-state index in [1.165, 1.54) is 10.9 Å². The molecule has 1 aliphatic heterocycles. The minimum atomic E-state index is -0.521. The largest absolute Gasteiger partial charge is 0.379 e. The van der Waals surface area contributed by atoms with E-state index in [2.05, 4.69) is 15.3 Å². The lowest BCUT2D eigenvalue weighted by molar-refractivity contribution is -0.385. The first-order valence-electron chi connectivity index (χ1n) is 7.88. The van der Waals surface area contributed by atoms with E-state index >= 15 is 0 Å². The first kappa shape index (κ1) is 17.4. The Morgan fingerprint density at radius 2 is 2.26 bits per heavy atom. The molecule has 9 heteroatoms. The van der Waals surface area contributed by atoms with E-state index in [0.29, 0.717) is 13.0 Å². The molecule has 1 N–H and O–H groups in total. The van der Waals surface area contributed by atoms with Gasteiger partial charge in [-0.25, -0.2) is 0 Å². The second kappa shape index (κ2) is 8.59. The fourth-order valence-corrected chi connectivity index (χ4v) is 2.54. The Morgan fingerprint density at radius 1 is 1.52 bits per heavy atom. The van der Waals surface area contributed by atoms with Gasteiger partial charge < -0.3 is 10.1 Å². The molecule has 1 aromatic heterocycles. The highest BCUT2D eigenvalue weighted by Crippen LogP contribution is 2.15. The SMILES string of the molecule is CCC(C(=O)NCCCN1CCOCC1)n1cc([N+](=O)[O-])cn1. The normalized spacial score (nSPS) is 16.9. The fourth-order valence-electron chi connectivity index (χ4n) is 2.54. The summed E-state index contributed by atoms with van der Waals surface area (Å²) in [5.41, 5.74) is -0.108. The Labute approximate surface area is 134 Å². The molecule has 2 rings (SSSR count). The Morgan fingerprint density at radius 3 is 2.87 bits per heavy atom. The van der Waals surface area contributed by atoms with Crippen molar-refractivity contribution in [2.45, 2.75) is 25.8 Å². The van der Waals surface area contributed by atoms with Gasteiger partial charge in [-0.1, -0.05) is 6.92 Å². The molecular formula is C14H23N5O4. The molecule has 1 aromatic rings. The quantitative estimate of drug-likeness (QED) is 0.426. The van der Waals surface area contributed by atoms with Crippen LogP contribution < -0.4 is 5.32 Å². The highest BCUT2D eigenvalue weighted by atomic mass is 16.6. The molecule has 0 aromatic carbocycles. The van der Waals surface area contributed by atoms with Gasteiger partial charge in [-0.15, -0.1) is 0 Å². The number of nitrogens with zero attached hydrogens (tertiary/aromatic N) is 4. The zero-order chi connectivity index (χ0) is 16.7. The van der Waals surface area contributed by atoms with Crippen LogP contribution in [0.5, 0.6) is 0 Å². The summed E-state index contributed by atoms with van der Waals surface area (Å²) in [7, 11) is 0. The molecule has 0 aliphatic carbocycles. The number of rotatable bonds is 8. The van der Waals surface area contributed by atoms with Gasteiger partial charge in [0.25, 0.3) is 0 Å². The third-order valence-electron chi connectivity index (χ3n) is 3.86. The molecule has 1 fully saturated rings. The predicted octanol–water partition coefficient (Wildman–Crippen LogP) is 0.581. The van der Waals surface area contributed by atoms with Crippen LogP contribution in [-0.4, -0.2) is 64.9 Å². The van der Waals surface area contributed by atoms with E-state index in [9.17, 15) is 14.9 Å². The number of hydrogen-bond acceptors (Lipinski definition) is 6. The van der Waals surface area contributed by atoms with E-state index in [1.807, 2.05) is 6.92 Å². The number of aromatic nitrogens is 2. The number of amides is 1. The molecule has 23 heavy (non-hydrogen) atoms. The lowest BCUT2D eigenvalue weighted by atomic mass is 10.2. The number of ether oxygens (including phenoxy) is 1. The van der Waals surface area contributed by atoms with Crippen LogP contribution in [0.4, 0.5) is 5.69 Å². The number of hydrogen-bond donors (Lipinski definition) is 1. The van der Waals surface area contributed by atoms with E-state index in [0.717, 1.165) is 45.5 Å². The highest BCUT2D eigenvalue weighted by Gasteiger charge is 2.21. The number of carbonyl (C=O) groups excluding carboxylic acids is 1.